The van der Waals surface area contributed by atoms with E-state index in [4.69, 9.17) is 51.6 Å². The molecule has 37 nitrogen and oxygen atoms in total. The molecule has 0 unspecified atom stereocenters. The van der Waals surface area contributed by atoms with Gasteiger partial charge in [0.2, 0.25) is 35.7 Å². The van der Waals surface area contributed by atoms with Crippen molar-refractivity contribution in [2.75, 3.05) is 220 Å². The minimum absolute atomic E-state index is 0.0931. The van der Waals surface area contributed by atoms with Crippen molar-refractivity contribution in [1.29, 1.82) is 0 Å². The Kier molecular flexibility index (Phi) is 40.7. The summed E-state index contributed by atoms with van der Waals surface area (Å²) in [7, 11) is 0. The fraction of sp³-hybridized carbons (Fsp3) is 0.305. The maximum atomic E-state index is 14.0. The molecule has 6 saturated heterocycles. The van der Waals surface area contributed by atoms with E-state index in [1.54, 1.807) is 48.1 Å². The Morgan fingerprint density at radius 1 is 0.303 bits per heavy atom. The lowest BCUT2D eigenvalue weighted by Crippen LogP contribution is -2.37. The van der Waals surface area contributed by atoms with Crippen LogP contribution in [0.15, 0.2) is 198 Å². The number of halogens is 10. The standard InChI is InChI=1S/C16H16BrClFN5O.4C16H18FN5O.C15H14BrClFN5O2/c1-10-11(6-12(17)7-13(10)18)8-21-23-16-20-9-14(19)15(22-16)24-2-4-25-5-3-24;1-12-2-4-13(5-3-12)10-19-21-16-18-11-14(17)15(20-16)22-6-8-23-9-7-22;1-12-3-2-4-13(9-12)10-19-21-16-18-11-14(17)15(20-16)22-5-7-23-8-6-22;2*1-12-4-2-3-5-13(12)10-19-21-16-18-11-14(17)15(20-16)22-6-8-23-9-7-22;16-10-5-9(13(24)11(17)6-10)7-20-22-15-19-8-12(18)14(21-15)23-1-3-25-4-2-23/h6-9H,2-5H2,1H3,(H,20,22,23);2-5,10-11H,6-9H2,1H3,(H,18,20,21);2-4,9-11H,5-8H2,1H3,(H,18,20,21);2*2-5,10-11H,6-9H2,1H3,(H,18,20,21);5-8,24H,1-4H2,(H,19,21,22)/b21-8+;3*19-10+;19-10-;20-7-. The zero-order valence-corrected chi connectivity index (χ0v) is 82.5. The van der Waals surface area contributed by atoms with Crippen LogP contribution in [-0.2, 0) is 28.4 Å². The molecule has 142 heavy (non-hydrogen) atoms. The van der Waals surface area contributed by atoms with Gasteiger partial charge in [0.15, 0.2) is 69.8 Å². The highest BCUT2D eigenvalue weighted by molar-refractivity contribution is 9.10. The molecule has 6 aliphatic rings. The Labute approximate surface area is 841 Å². The molecule has 47 heteroatoms. The van der Waals surface area contributed by atoms with Crippen molar-refractivity contribution in [1.82, 2.24) is 59.8 Å². The van der Waals surface area contributed by atoms with Crippen LogP contribution in [0.2, 0.25) is 10.0 Å². The van der Waals surface area contributed by atoms with E-state index in [2.05, 4.69) is 155 Å². The summed E-state index contributed by atoms with van der Waals surface area (Å²) in [5.74, 6) is 0.105. The average Bonchev–Trinajstić information content (AvgIpc) is 0.849. The topological polar surface area (TPSA) is 396 Å². The minimum atomic E-state index is -0.507. The Bertz CT molecular complexity index is 6080. The van der Waals surface area contributed by atoms with Gasteiger partial charge >= 0.3 is 0 Å². The van der Waals surface area contributed by atoms with Gasteiger partial charge in [-0.2, -0.15) is 60.5 Å². The van der Waals surface area contributed by atoms with Crippen LogP contribution in [-0.4, -0.2) is 260 Å². The molecule has 0 aliphatic carbocycles. The molecule has 12 aromatic rings. The fourth-order valence-corrected chi connectivity index (χ4v) is 15.4. The molecule has 0 saturated carbocycles. The number of hydrogen-bond donors (Lipinski definition) is 7. The number of aromatic nitrogens is 12. The Hall–Kier alpha value is -13.9. The van der Waals surface area contributed by atoms with E-state index in [9.17, 15) is 31.4 Å². The highest BCUT2D eigenvalue weighted by Gasteiger charge is 2.25. The van der Waals surface area contributed by atoms with Crippen LogP contribution in [0.25, 0.3) is 0 Å². The lowest BCUT2D eigenvalue weighted by molar-refractivity contribution is 0.122. The number of hydrazone groups is 6. The number of aryl methyl sites for hydroxylation is 4. The smallest absolute Gasteiger partial charge is 0.245 e. The third-order valence-corrected chi connectivity index (χ3v) is 22.9. The number of hydrogen-bond acceptors (Lipinski definition) is 37. The second kappa shape index (κ2) is 54.8. The summed E-state index contributed by atoms with van der Waals surface area (Å²) >= 11 is 18.7. The van der Waals surface area contributed by atoms with E-state index in [1.165, 1.54) is 11.8 Å². The molecule has 6 aromatic heterocycles. The molecule has 0 bridgehead atoms. The fourth-order valence-electron chi connectivity index (χ4n) is 13.8. The van der Waals surface area contributed by atoms with Gasteiger partial charge in [-0.3, -0.25) is 0 Å². The number of morpholine rings is 6. The summed E-state index contributed by atoms with van der Waals surface area (Å²) in [6.07, 6.45) is 16.6. The summed E-state index contributed by atoms with van der Waals surface area (Å²) in [5.41, 5.74) is 27.0. The summed E-state index contributed by atoms with van der Waals surface area (Å²) in [6.45, 7) is 23.8. The number of benzene rings is 6. The number of phenolic OH excluding ortho intramolecular Hbond substituents is 1. The third-order valence-electron chi connectivity index (χ3n) is 21.3. The molecule has 6 aromatic carbocycles. The van der Waals surface area contributed by atoms with Gasteiger partial charge in [0.25, 0.3) is 0 Å². The number of ether oxygens (including phenoxy) is 6. The Balaban J connectivity index is 0.000000143. The van der Waals surface area contributed by atoms with Crippen LogP contribution >= 0.6 is 55.1 Å². The first kappa shape index (κ1) is 105. The normalized spacial score (nSPS) is 15.1. The van der Waals surface area contributed by atoms with Crippen LogP contribution in [0.4, 0.5) is 96.9 Å². The van der Waals surface area contributed by atoms with Crippen molar-refractivity contribution >= 4 is 163 Å². The van der Waals surface area contributed by atoms with E-state index < -0.39 is 34.9 Å². The van der Waals surface area contributed by atoms with E-state index in [1.807, 2.05) is 168 Å². The largest absolute Gasteiger partial charge is 0.506 e. The van der Waals surface area contributed by atoms with Crippen molar-refractivity contribution in [3.63, 3.8) is 0 Å². The second-order valence-electron chi connectivity index (χ2n) is 31.5. The monoisotopic (exact) mass is 2120 g/mol. The average molecular weight is 2120 g/mol. The molecule has 7 N–H and O–H groups in total. The van der Waals surface area contributed by atoms with E-state index in [0.717, 1.165) is 91.7 Å². The lowest BCUT2D eigenvalue weighted by atomic mass is 10.1. The lowest BCUT2D eigenvalue weighted by Gasteiger charge is -2.27. The Morgan fingerprint density at radius 2 is 0.570 bits per heavy atom. The number of anilines is 12. The van der Waals surface area contributed by atoms with Gasteiger partial charge in [-0.25, -0.2) is 88.8 Å². The van der Waals surface area contributed by atoms with Crippen molar-refractivity contribution in [2.24, 2.45) is 30.6 Å². The third kappa shape index (κ3) is 32.6. The molecular formula is C95H102Br2Cl2F6N30O7. The van der Waals surface area contributed by atoms with E-state index >= 15 is 0 Å². The summed E-state index contributed by atoms with van der Waals surface area (Å²) < 4.78 is 117. The van der Waals surface area contributed by atoms with E-state index in [-0.39, 0.29) is 81.4 Å². The zero-order valence-electron chi connectivity index (χ0n) is 77.9. The van der Waals surface area contributed by atoms with Crippen molar-refractivity contribution < 1.29 is 59.9 Å². The van der Waals surface area contributed by atoms with E-state index in [0.29, 0.717) is 173 Å². The van der Waals surface area contributed by atoms with Crippen molar-refractivity contribution in [3.8, 4) is 5.75 Å². The molecule has 0 spiro atoms. The SMILES string of the molecule is Cc1c(Cl)cc(Br)cc1/C=N/Nc1ncc(F)c(N2CCOCC2)n1.Cc1ccc(/C=N/Nc2ncc(F)c(N3CCOCC3)n2)cc1.Cc1cccc(/C=N/Nc2ncc(F)c(N3CCOCC3)n2)c1.Cc1ccccc1/C=N/Nc1ncc(F)c(N2CCOCC2)n1.Cc1ccccc1/C=N\Nc1ncc(F)c(N2CCOCC2)n1.Oc1c(Cl)cc(Br)cc1/C=N\Nc1ncc(F)c(N2CCOCC2)n1. The predicted octanol–water partition coefficient (Wildman–Crippen LogP) is 15.5. The van der Waals surface area contributed by atoms with Gasteiger partial charge < -0.3 is 62.9 Å². The molecular weight excluding hydrogens is 2020 g/mol. The maximum absolute atomic E-state index is 14.0. The molecule has 744 valence electrons. The maximum Gasteiger partial charge on any atom is 0.245 e. The first-order valence-electron chi connectivity index (χ1n) is 44.7. The van der Waals surface area contributed by atoms with Crippen LogP contribution in [0.1, 0.15) is 61.2 Å². The van der Waals surface area contributed by atoms with Crippen LogP contribution < -0.4 is 62.0 Å². The molecule has 6 fully saturated rings. The highest BCUT2D eigenvalue weighted by Crippen LogP contribution is 2.32. The molecule has 0 radical (unpaired) electrons. The van der Waals surface area contributed by atoms with Crippen LogP contribution in [0.5, 0.6) is 5.75 Å². The van der Waals surface area contributed by atoms with Gasteiger partial charge in [-0.05, 0) is 97.8 Å². The highest BCUT2D eigenvalue weighted by atomic mass is 79.9. The van der Waals surface area contributed by atoms with Gasteiger partial charge in [0.1, 0.15) is 5.75 Å². The number of phenols is 1. The quantitative estimate of drug-likeness (QED) is 0.0168. The van der Waals surface area contributed by atoms with Crippen LogP contribution in [0, 0.1) is 69.5 Å². The minimum Gasteiger partial charge on any atom is -0.506 e. The molecule has 0 amide bonds. The summed E-state index contributed by atoms with van der Waals surface area (Å²) in [5, 5.41) is 35.3. The number of nitrogens with one attached hydrogen (secondary N) is 6. The molecule has 12 heterocycles. The number of rotatable bonds is 24. The predicted molar refractivity (Wildman–Crippen MR) is 547 cm³/mol. The van der Waals surface area contributed by atoms with Crippen LogP contribution in [0.3, 0.4) is 0 Å². The summed E-state index contributed by atoms with van der Waals surface area (Å²) in [4.78, 5) is 59.6. The first-order chi connectivity index (χ1) is 69.0. The van der Waals surface area contributed by atoms with Crippen molar-refractivity contribution in [2.45, 2.75) is 34.6 Å². The molecule has 6 aliphatic heterocycles. The zero-order chi connectivity index (χ0) is 99.9. The van der Waals surface area contributed by atoms with Gasteiger partial charge in [-0.1, -0.05) is 163 Å². The Morgan fingerprint density at radius 3 is 0.873 bits per heavy atom. The van der Waals surface area contributed by atoms with Gasteiger partial charge in [-0.15, -0.1) is 0 Å². The summed E-state index contributed by atoms with van der Waals surface area (Å²) in [6, 6.07) is 38.6. The van der Waals surface area contributed by atoms with Gasteiger partial charge in [0, 0.05) is 104 Å². The number of aromatic hydroxyl groups is 1. The molecule has 0 atom stereocenters. The van der Waals surface area contributed by atoms with Gasteiger partial charge in [0.05, 0.1) is 159 Å². The second-order valence-corrected chi connectivity index (χ2v) is 34.1. The first-order valence-corrected chi connectivity index (χ1v) is 47.1. The molecule has 18 rings (SSSR count). The van der Waals surface area contributed by atoms with Crippen molar-refractivity contribution in [3.05, 3.63) is 274 Å². The number of nitrogens with zero attached hydrogens (tertiary/aromatic N) is 24.